The van der Waals surface area contributed by atoms with Gasteiger partial charge in [-0.15, -0.1) is 11.3 Å². The summed E-state index contributed by atoms with van der Waals surface area (Å²) in [4.78, 5) is 30.3. The number of thiophene rings is 1. The Balaban J connectivity index is 1.62. The highest BCUT2D eigenvalue weighted by molar-refractivity contribution is 7.16. The second kappa shape index (κ2) is 9.13. The van der Waals surface area contributed by atoms with Crippen molar-refractivity contribution in [3.8, 4) is 11.8 Å². The van der Waals surface area contributed by atoms with Gasteiger partial charge in [-0.2, -0.15) is 5.26 Å². The number of nitriles is 1. The highest BCUT2D eigenvalue weighted by Gasteiger charge is 2.45. The minimum atomic E-state index is -0.286. The fraction of sp³-hybridized carbons (Fsp3) is 0.414. The molecule has 1 amide bonds. The van der Waals surface area contributed by atoms with Gasteiger partial charge in [0.25, 0.3) is 0 Å². The summed E-state index contributed by atoms with van der Waals surface area (Å²) in [5, 5.41) is 10.8. The lowest BCUT2D eigenvalue weighted by Crippen LogP contribution is -2.43. The first-order valence-corrected chi connectivity index (χ1v) is 13.1. The second-order valence-corrected chi connectivity index (χ2v) is 11.5. The predicted molar refractivity (Wildman–Crippen MR) is 138 cm³/mol. The first-order chi connectivity index (χ1) is 16.8. The first kappa shape index (κ1) is 23.6. The second-order valence-electron chi connectivity index (χ2n) is 10.5. The van der Waals surface area contributed by atoms with Crippen LogP contribution in [0.2, 0.25) is 0 Å². The van der Waals surface area contributed by atoms with E-state index in [9.17, 15) is 14.9 Å². The third-order valence-electron chi connectivity index (χ3n) is 7.26. The SMILES string of the molecule is C=CCOc1ccc([C@@H]2CC(=O)N(c3sc4c(c3C#N)CCCC4)C3=C2C(=O)CC(C)(C)C3)cc1. The smallest absolute Gasteiger partial charge is 0.232 e. The summed E-state index contributed by atoms with van der Waals surface area (Å²) in [6.07, 6.45) is 7.01. The van der Waals surface area contributed by atoms with Gasteiger partial charge < -0.3 is 4.74 Å². The molecule has 0 unspecified atom stereocenters. The molecule has 0 radical (unpaired) electrons. The van der Waals surface area contributed by atoms with Gasteiger partial charge in [-0.25, -0.2) is 0 Å². The molecular formula is C29H30N2O3S. The molecule has 2 aromatic rings. The Morgan fingerprint density at radius 3 is 2.66 bits per heavy atom. The number of carbonyl (C=O) groups excluding carboxylic acids is 2. The molecule has 1 aliphatic heterocycles. The lowest BCUT2D eigenvalue weighted by molar-refractivity contribution is -0.120. The molecule has 35 heavy (non-hydrogen) atoms. The maximum atomic E-state index is 13.8. The van der Waals surface area contributed by atoms with E-state index in [0.29, 0.717) is 30.0 Å². The molecule has 5 nitrogen and oxygen atoms in total. The number of amides is 1. The lowest BCUT2D eigenvalue weighted by atomic mass is 9.69. The Labute approximate surface area is 210 Å². The van der Waals surface area contributed by atoms with Crippen LogP contribution in [0.5, 0.6) is 5.75 Å². The number of ketones is 1. The average Bonchev–Trinajstić information content (AvgIpc) is 3.19. The molecule has 0 fully saturated rings. The van der Waals surface area contributed by atoms with Crippen LogP contribution in [0, 0.1) is 16.7 Å². The van der Waals surface area contributed by atoms with Crippen LogP contribution >= 0.6 is 11.3 Å². The van der Waals surface area contributed by atoms with Crippen molar-refractivity contribution in [1.82, 2.24) is 0 Å². The van der Waals surface area contributed by atoms with E-state index in [1.807, 2.05) is 24.3 Å². The molecule has 2 heterocycles. The number of ether oxygens (including phenoxy) is 1. The zero-order valence-corrected chi connectivity index (χ0v) is 21.2. The number of hydrogen-bond donors (Lipinski definition) is 0. The van der Waals surface area contributed by atoms with Gasteiger partial charge in [0, 0.05) is 34.9 Å². The molecule has 180 valence electrons. The van der Waals surface area contributed by atoms with Crippen LogP contribution < -0.4 is 9.64 Å². The fourth-order valence-corrected chi connectivity index (χ4v) is 7.09. The van der Waals surface area contributed by atoms with Crippen molar-refractivity contribution in [3.63, 3.8) is 0 Å². The van der Waals surface area contributed by atoms with Gasteiger partial charge in [0.2, 0.25) is 5.91 Å². The average molecular weight is 487 g/mol. The Hall–Kier alpha value is -3.17. The Kier molecular flexibility index (Phi) is 6.14. The fourth-order valence-electron chi connectivity index (χ4n) is 5.71. The summed E-state index contributed by atoms with van der Waals surface area (Å²) < 4.78 is 5.61. The van der Waals surface area contributed by atoms with Crippen LogP contribution in [-0.2, 0) is 22.4 Å². The van der Waals surface area contributed by atoms with Crippen LogP contribution in [0.4, 0.5) is 5.00 Å². The van der Waals surface area contributed by atoms with Crippen LogP contribution in [-0.4, -0.2) is 18.3 Å². The highest BCUT2D eigenvalue weighted by atomic mass is 32.1. The van der Waals surface area contributed by atoms with Gasteiger partial charge in [-0.1, -0.05) is 38.6 Å². The van der Waals surface area contributed by atoms with Gasteiger partial charge in [0.15, 0.2) is 5.78 Å². The summed E-state index contributed by atoms with van der Waals surface area (Å²) in [6.45, 7) is 8.26. The van der Waals surface area contributed by atoms with Crippen molar-refractivity contribution in [3.05, 3.63) is 69.8 Å². The molecule has 0 saturated heterocycles. The quantitative estimate of drug-likeness (QED) is 0.470. The van der Waals surface area contributed by atoms with Crippen LogP contribution in [0.25, 0.3) is 0 Å². The first-order valence-electron chi connectivity index (χ1n) is 12.3. The topological polar surface area (TPSA) is 70.4 Å². The van der Waals surface area contributed by atoms with E-state index in [0.717, 1.165) is 53.8 Å². The van der Waals surface area contributed by atoms with E-state index in [2.05, 4.69) is 26.5 Å². The summed E-state index contributed by atoms with van der Waals surface area (Å²) in [6, 6.07) is 10.1. The number of nitrogens with zero attached hydrogens (tertiary/aromatic N) is 2. The third-order valence-corrected chi connectivity index (χ3v) is 8.54. The predicted octanol–water partition coefficient (Wildman–Crippen LogP) is 6.23. The summed E-state index contributed by atoms with van der Waals surface area (Å²) in [7, 11) is 0. The molecule has 0 bridgehead atoms. The van der Waals surface area contributed by atoms with Gasteiger partial charge >= 0.3 is 0 Å². The summed E-state index contributed by atoms with van der Waals surface area (Å²) >= 11 is 1.57. The molecule has 5 rings (SSSR count). The standard InChI is InChI=1S/C29H30N2O3S/c1-4-13-34-19-11-9-18(10-12-19)21-14-26(33)31(23-15-29(2,3)16-24(32)27(21)23)28-22(17-30)20-7-5-6-8-25(20)35-28/h4,9-12,21H,1,5-8,13-16H2,2-3H3/t21-/m0/s1. The van der Waals surface area contributed by atoms with E-state index in [4.69, 9.17) is 4.74 Å². The van der Waals surface area contributed by atoms with Crippen molar-refractivity contribution < 1.29 is 14.3 Å². The number of aryl methyl sites for hydroxylation is 1. The van der Waals surface area contributed by atoms with Crippen molar-refractivity contribution in [1.29, 1.82) is 5.26 Å². The molecule has 3 aliphatic rings. The molecule has 0 saturated carbocycles. The van der Waals surface area contributed by atoms with Crippen LogP contribution in [0.1, 0.15) is 73.4 Å². The van der Waals surface area contributed by atoms with Crippen molar-refractivity contribution in [2.24, 2.45) is 5.41 Å². The van der Waals surface area contributed by atoms with Gasteiger partial charge in [0.05, 0.1) is 5.56 Å². The van der Waals surface area contributed by atoms with Gasteiger partial charge in [-0.3, -0.25) is 14.5 Å². The zero-order chi connectivity index (χ0) is 24.7. The normalized spacial score (nSPS) is 21.3. The lowest BCUT2D eigenvalue weighted by Gasteiger charge is -2.42. The highest BCUT2D eigenvalue weighted by Crippen LogP contribution is 2.51. The van der Waals surface area contributed by atoms with Crippen molar-refractivity contribution >= 4 is 28.0 Å². The van der Waals surface area contributed by atoms with E-state index < -0.39 is 0 Å². The van der Waals surface area contributed by atoms with Crippen LogP contribution in [0.15, 0.2) is 48.2 Å². The third kappa shape index (κ3) is 4.23. The largest absolute Gasteiger partial charge is 0.490 e. The van der Waals surface area contributed by atoms with E-state index in [1.165, 1.54) is 4.88 Å². The van der Waals surface area contributed by atoms with E-state index in [-0.39, 0.29) is 29.4 Å². The number of carbonyl (C=O) groups is 2. The molecular weight excluding hydrogens is 456 g/mol. The van der Waals surface area contributed by atoms with Gasteiger partial charge in [-0.05, 0) is 60.8 Å². The molecule has 0 N–H and O–H groups in total. The number of Topliss-reactive ketones (excluding diaryl/α,β-unsaturated/α-hetero) is 1. The number of fused-ring (bicyclic) bond motifs is 1. The molecule has 2 aliphatic carbocycles. The maximum absolute atomic E-state index is 13.8. The maximum Gasteiger partial charge on any atom is 0.232 e. The zero-order valence-electron chi connectivity index (χ0n) is 20.4. The van der Waals surface area contributed by atoms with E-state index in [1.54, 1.807) is 22.3 Å². The van der Waals surface area contributed by atoms with E-state index >= 15 is 0 Å². The number of benzene rings is 1. The van der Waals surface area contributed by atoms with Gasteiger partial charge in [0.1, 0.15) is 23.4 Å². The number of hydrogen-bond acceptors (Lipinski definition) is 5. The summed E-state index contributed by atoms with van der Waals surface area (Å²) in [5.41, 5.74) is 3.95. The number of rotatable bonds is 5. The molecule has 6 heteroatoms. The monoisotopic (exact) mass is 486 g/mol. The Bertz CT molecular complexity index is 1280. The minimum absolute atomic E-state index is 0.0404. The minimum Gasteiger partial charge on any atom is -0.490 e. The molecule has 1 atom stereocenters. The van der Waals surface area contributed by atoms with Crippen molar-refractivity contribution in [2.75, 3.05) is 11.5 Å². The number of anilines is 1. The molecule has 0 spiro atoms. The van der Waals surface area contributed by atoms with Crippen LogP contribution in [0.3, 0.4) is 0 Å². The summed E-state index contributed by atoms with van der Waals surface area (Å²) in [5.74, 6) is 0.503. The Morgan fingerprint density at radius 2 is 1.94 bits per heavy atom. The molecule has 1 aromatic heterocycles. The van der Waals surface area contributed by atoms with Crippen molar-refractivity contribution in [2.45, 2.75) is 64.7 Å². The Morgan fingerprint density at radius 1 is 1.20 bits per heavy atom. The molecule has 1 aromatic carbocycles. The number of allylic oxidation sites excluding steroid dienone is 2.